The molecule has 1 aliphatic carbocycles. The van der Waals surface area contributed by atoms with Gasteiger partial charge in [-0.2, -0.15) is 0 Å². The number of amides is 2. The number of aryl methyl sites for hydroxylation is 1. The first-order valence-electron chi connectivity index (χ1n) is 8.93. The highest BCUT2D eigenvalue weighted by Crippen LogP contribution is 2.38. The maximum absolute atomic E-state index is 12.6. The van der Waals surface area contributed by atoms with Crippen LogP contribution in [0.3, 0.4) is 0 Å². The third-order valence-corrected chi connectivity index (χ3v) is 5.91. The van der Waals surface area contributed by atoms with Crippen molar-refractivity contribution in [2.75, 3.05) is 25.0 Å². The second-order valence-electron chi connectivity index (χ2n) is 6.61. The highest BCUT2D eigenvalue weighted by Gasteiger charge is 2.28. The molecule has 2 aliphatic rings. The van der Waals surface area contributed by atoms with Gasteiger partial charge in [0.25, 0.3) is 5.91 Å². The van der Waals surface area contributed by atoms with Crippen LogP contribution < -0.4 is 5.32 Å². The van der Waals surface area contributed by atoms with Crippen molar-refractivity contribution in [2.45, 2.75) is 51.9 Å². The van der Waals surface area contributed by atoms with Gasteiger partial charge in [-0.3, -0.25) is 9.59 Å². The topological polar surface area (TPSA) is 75.7 Å². The van der Waals surface area contributed by atoms with E-state index in [-0.39, 0.29) is 18.4 Å². The number of likely N-dealkylation sites (tertiary alicyclic amines) is 1. The molecule has 0 unspecified atom stereocenters. The average molecular weight is 364 g/mol. The Bertz CT molecular complexity index is 677. The largest absolute Gasteiger partial charge is 0.452 e. The molecule has 25 heavy (non-hydrogen) atoms. The minimum atomic E-state index is -0.506. The predicted molar refractivity (Wildman–Crippen MR) is 96.0 cm³/mol. The normalized spacial score (nSPS) is 16.9. The first kappa shape index (κ1) is 17.9. The number of hydrogen-bond acceptors (Lipinski definition) is 5. The molecule has 2 amide bonds. The second kappa shape index (κ2) is 7.99. The van der Waals surface area contributed by atoms with E-state index in [1.54, 1.807) is 4.90 Å². The van der Waals surface area contributed by atoms with Gasteiger partial charge in [0, 0.05) is 24.9 Å². The molecule has 2 heterocycles. The molecule has 1 N–H and O–H groups in total. The molecular weight excluding hydrogens is 340 g/mol. The van der Waals surface area contributed by atoms with Crippen molar-refractivity contribution in [2.24, 2.45) is 0 Å². The Morgan fingerprint density at radius 2 is 1.80 bits per heavy atom. The summed E-state index contributed by atoms with van der Waals surface area (Å²) < 4.78 is 5.31. The number of piperidine rings is 1. The molecule has 7 heteroatoms. The zero-order chi connectivity index (χ0) is 17.8. The summed E-state index contributed by atoms with van der Waals surface area (Å²) in [5.74, 6) is -0.858. The highest BCUT2D eigenvalue weighted by molar-refractivity contribution is 7.17. The summed E-state index contributed by atoms with van der Waals surface area (Å²) >= 11 is 1.45. The van der Waals surface area contributed by atoms with Crippen molar-refractivity contribution in [1.29, 1.82) is 0 Å². The van der Waals surface area contributed by atoms with Gasteiger partial charge < -0.3 is 15.0 Å². The molecule has 0 spiro atoms. The summed E-state index contributed by atoms with van der Waals surface area (Å²) in [5, 5.41) is 3.30. The third-order valence-electron chi connectivity index (χ3n) is 4.70. The fourth-order valence-electron chi connectivity index (χ4n) is 3.46. The van der Waals surface area contributed by atoms with E-state index in [1.807, 2.05) is 0 Å². The molecule has 0 aromatic carbocycles. The number of esters is 1. The average Bonchev–Trinajstić information content (AvgIpc) is 2.97. The molecule has 1 saturated heterocycles. The maximum Gasteiger partial charge on any atom is 0.341 e. The Labute approximate surface area is 151 Å². The number of nitrogens with zero attached hydrogens (tertiary/aromatic N) is 1. The highest BCUT2D eigenvalue weighted by atomic mass is 32.1. The summed E-state index contributed by atoms with van der Waals surface area (Å²) in [7, 11) is 0. The number of nitrogens with one attached hydrogen (secondary N) is 1. The second-order valence-corrected chi connectivity index (χ2v) is 7.72. The number of ether oxygens (including phenoxy) is 1. The van der Waals surface area contributed by atoms with E-state index in [9.17, 15) is 14.4 Å². The van der Waals surface area contributed by atoms with Crippen molar-refractivity contribution in [1.82, 2.24) is 4.90 Å². The molecule has 1 aromatic heterocycles. The predicted octanol–water partition coefficient (Wildman–Crippen LogP) is 2.75. The van der Waals surface area contributed by atoms with Crippen LogP contribution in [0.2, 0.25) is 0 Å². The van der Waals surface area contributed by atoms with E-state index in [1.165, 1.54) is 18.3 Å². The van der Waals surface area contributed by atoms with Crippen LogP contribution in [0.4, 0.5) is 5.00 Å². The Hall–Kier alpha value is -1.89. The van der Waals surface area contributed by atoms with Crippen LogP contribution in [-0.2, 0) is 27.2 Å². The minimum Gasteiger partial charge on any atom is -0.452 e. The number of carbonyl (C=O) groups excluding carboxylic acids is 3. The minimum absolute atomic E-state index is 0.141. The van der Waals surface area contributed by atoms with Gasteiger partial charge in [0.15, 0.2) is 6.61 Å². The van der Waals surface area contributed by atoms with Crippen molar-refractivity contribution >= 4 is 34.1 Å². The van der Waals surface area contributed by atoms with Crippen LogP contribution in [0.15, 0.2) is 0 Å². The van der Waals surface area contributed by atoms with Crippen molar-refractivity contribution in [3.05, 3.63) is 16.0 Å². The van der Waals surface area contributed by atoms with E-state index in [2.05, 4.69) is 5.32 Å². The van der Waals surface area contributed by atoms with E-state index in [0.29, 0.717) is 10.6 Å². The fraction of sp³-hybridized carbons (Fsp3) is 0.611. The number of fused-ring (bicyclic) bond motifs is 1. The van der Waals surface area contributed by atoms with Gasteiger partial charge in [-0.05, 0) is 50.5 Å². The smallest absolute Gasteiger partial charge is 0.341 e. The monoisotopic (exact) mass is 364 g/mol. The lowest BCUT2D eigenvalue weighted by atomic mass is 9.95. The Kier molecular flexibility index (Phi) is 5.73. The number of rotatable bonds is 4. The van der Waals surface area contributed by atoms with Gasteiger partial charge in [0.05, 0.1) is 5.56 Å². The molecule has 136 valence electrons. The molecule has 0 bridgehead atoms. The van der Waals surface area contributed by atoms with E-state index in [0.717, 1.165) is 68.5 Å². The van der Waals surface area contributed by atoms with Crippen molar-refractivity contribution in [3.8, 4) is 0 Å². The first-order chi connectivity index (χ1) is 12.1. The quantitative estimate of drug-likeness (QED) is 0.834. The zero-order valence-corrected chi connectivity index (χ0v) is 15.4. The summed E-state index contributed by atoms with van der Waals surface area (Å²) in [6.45, 7) is 2.67. The van der Waals surface area contributed by atoms with Crippen LogP contribution in [-0.4, -0.2) is 42.4 Å². The molecule has 1 fully saturated rings. The maximum atomic E-state index is 12.6. The molecule has 3 rings (SSSR count). The number of thiophene rings is 1. The van der Waals surface area contributed by atoms with Gasteiger partial charge in [0.1, 0.15) is 5.00 Å². The first-order valence-corrected chi connectivity index (χ1v) is 9.75. The molecule has 1 aromatic rings. The Morgan fingerprint density at radius 3 is 2.52 bits per heavy atom. The number of hydrogen-bond donors (Lipinski definition) is 1. The van der Waals surface area contributed by atoms with Gasteiger partial charge in [-0.15, -0.1) is 11.3 Å². The van der Waals surface area contributed by atoms with Crippen LogP contribution in [0.5, 0.6) is 0 Å². The van der Waals surface area contributed by atoms with Crippen LogP contribution in [0, 0.1) is 0 Å². The van der Waals surface area contributed by atoms with Crippen LogP contribution in [0.1, 0.15) is 59.8 Å². The zero-order valence-electron chi connectivity index (χ0n) is 14.6. The number of anilines is 1. The lowest BCUT2D eigenvalue weighted by Crippen LogP contribution is -2.38. The summed E-state index contributed by atoms with van der Waals surface area (Å²) in [6, 6.07) is 0. The van der Waals surface area contributed by atoms with Gasteiger partial charge in [-0.25, -0.2) is 4.79 Å². The standard InChI is InChI=1S/C18H24N2O4S/c1-12(21)19-17-16(13-7-3-4-8-14(13)25-17)18(23)24-11-15(22)20-9-5-2-6-10-20/h2-11H2,1H3,(H,19,21). The van der Waals surface area contributed by atoms with E-state index < -0.39 is 5.97 Å². The summed E-state index contributed by atoms with van der Waals surface area (Å²) in [4.78, 5) is 39.2. The molecule has 1 aliphatic heterocycles. The molecular formula is C18H24N2O4S. The lowest BCUT2D eigenvalue weighted by molar-refractivity contribution is -0.135. The van der Waals surface area contributed by atoms with Crippen molar-refractivity contribution in [3.63, 3.8) is 0 Å². The third kappa shape index (κ3) is 4.21. The van der Waals surface area contributed by atoms with Crippen LogP contribution >= 0.6 is 11.3 Å². The van der Waals surface area contributed by atoms with Gasteiger partial charge in [0.2, 0.25) is 5.91 Å². The fourth-order valence-corrected chi connectivity index (χ4v) is 4.79. The molecule has 0 radical (unpaired) electrons. The van der Waals surface area contributed by atoms with Crippen LogP contribution in [0.25, 0.3) is 0 Å². The molecule has 6 nitrogen and oxygen atoms in total. The van der Waals surface area contributed by atoms with E-state index >= 15 is 0 Å². The Morgan fingerprint density at radius 1 is 1.08 bits per heavy atom. The van der Waals surface area contributed by atoms with Gasteiger partial charge in [-0.1, -0.05) is 0 Å². The summed E-state index contributed by atoms with van der Waals surface area (Å²) in [6.07, 6.45) is 7.01. The molecule has 0 atom stereocenters. The summed E-state index contributed by atoms with van der Waals surface area (Å²) in [5.41, 5.74) is 1.43. The number of carbonyl (C=O) groups is 3. The van der Waals surface area contributed by atoms with Gasteiger partial charge >= 0.3 is 5.97 Å². The Balaban J connectivity index is 1.71. The lowest BCUT2D eigenvalue weighted by Gasteiger charge is -2.26. The van der Waals surface area contributed by atoms with E-state index in [4.69, 9.17) is 4.74 Å². The molecule has 0 saturated carbocycles. The van der Waals surface area contributed by atoms with Crippen molar-refractivity contribution < 1.29 is 19.1 Å². The SMILES string of the molecule is CC(=O)Nc1sc2c(c1C(=O)OCC(=O)N1CCCCC1)CCCC2.